The topological polar surface area (TPSA) is 61.8 Å². The van der Waals surface area contributed by atoms with Crippen molar-refractivity contribution in [3.8, 4) is 0 Å². The lowest BCUT2D eigenvalue weighted by molar-refractivity contribution is -0.213. The fourth-order valence-corrected chi connectivity index (χ4v) is 6.79. The Morgan fingerprint density at radius 2 is 2.00 bits per heavy atom. The van der Waals surface area contributed by atoms with Crippen molar-refractivity contribution in [3.05, 3.63) is 12.2 Å². The maximum absolute atomic E-state index is 12.1. The van der Waals surface area contributed by atoms with Crippen molar-refractivity contribution in [3.63, 3.8) is 0 Å². The van der Waals surface area contributed by atoms with Gasteiger partial charge in [0.1, 0.15) is 0 Å². The molecule has 27 heavy (non-hydrogen) atoms. The third kappa shape index (κ3) is 2.93. The van der Waals surface area contributed by atoms with Gasteiger partial charge in [-0.25, -0.2) is 0 Å². The van der Waals surface area contributed by atoms with Crippen LogP contribution in [-0.4, -0.2) is 24.5 Å². The summed E-state index contributed by atoms with van der Waals surface area (Å²) in [5, 5.41) is 0. The predicted molar refractivity (Wildman–Crippen MR) is 99.2 cm³/mol. The number of fused-ring (bicyclic) bond motifs is 3. The molecule has 0 radical (unpaired) electrons. The molecule has 2 aliphatic heterocycles. The molecule has 5 nitrogen and oxygen atoms in total. The van der Waals surface area contributed by atoms with Crippen molar-refractivity contribution in [2.24, 2.45) is 34.5 Å². The molecule has 0 aromatic heterocycles. The average Bonchev–Trinajstić information content (AvgIpc) is 2.97. The first-order chi connectivity index (χ1) is 12.6. The smallest absolute Gasteiger partial charge is 0.308 e. The molecule has 2 saturated carbocycles. The van der Waals surface area contributed by atoms with E-state index in [4.69, 9.17) is 14.2 Å². The molecular weight excluding hydrogens is 344 g/mol. The van der Waals surface area contributed by atoms with Crippen molar-refractivity contribution in [1.29, 1.82) is 0 Å². The summed E-state index contributed by atoms with van der Waals surface area (Å²) in [6.07, 6.45) is 4.65. The summed E-state index contributed by atoms with van der Waals surface area (Å²) >= 11 is 0. The van der Waals surface area contributed by atoms with Crippen LogP contribution in [0.15, 0.2) is 12.2 Å². The third-order valence-electron chi connectivity index (χ3n) is 7.94. The summed E-state index contributed by atoms with van der Waals surface area (Å²) in [6, 6.07) is 0. The Kier molecular flexibility index (Phi) is 4.45. The van der Waals surface area contributed by atoms with Crippen molar-refractivity contribution >= 4 is 11.9 Å². The lowest BCUT2D eigenvalue weighted by Crippen LogP contribution is -2.47. The normalized spacial score (nSPS) is 45.8. The first-order valence-electron chi connectivity index (χ1n) is 10.3. The molecule has 0 N–H and O–H groups in total. The van der Waals surface area contributed by atoms with Crippen LogP contribution in [-0.2, 0) is 23.8 Å². The van der Waals surface area contributed by atoms with Crippen LogP contribution in [0.4, 0.5) is 0 Å². The molecule has 2 saturated heterocycles. The second kappa shape index (κ2) is 6.33. The SMILES string of the molecule is C=C1CCCC(C)(C)[C@@H]2CC[C@@](C)(C3[C@@H]4OC(=O)C[C@H]3[C@H](OC(C)=O)O4)[C@H]12. The zero-order valence-electron chi connectivity index (χ0n) is 17.0. The number of hydrogen-bond acceptors (Lipinski definition) is 5. The maximum atomic E-state index is 12.1. The highest BCUT2D eigenvalue weighted by Gasteiger charge is 2.64. The maximum Gasteiger partial charge on any atom is 0.308 e. The van der Waals surface area contributed by atoms with Crippen LogP contribution >= 0.6 is 0 Å². The van der Waals surface area contributed by atoms with Gasteiger partial charge in [-0.1, -0.05) is 32.9 Å². The van der Waals surface area contributed by atoms with Crippen molar-refractivity contribution in [2.75, 3.05) is 0 Å². The van der Waals surface area contributed by atoms with E-state index in [2.05, 4.69) is 27.4 Å². The van der Waals surface area contributed by atoms with Crippen LogP contribution in [0.5, 0.6) is 0 Å². The molecule has 4 fully saturated rings. The lowest BCUT2D eigenvalue weighted by Gasteiger charge is -2.46. The molecule has 0 aromatic carbocycles. The quantitative estimate of drug-likeness (QED) is 0.534. The molecule has 0 amide bonds. The minimum Gasteiger partial charge on any atom is -0.435 e. The molecule has 2 bridgehead atoms. The molecule has 0 spiro atoms. The van der Waals surface area contributed by atoms with Gasteiger partial charge in [-0.3, -0.25) is 9.59 Å². The molecule has 7 atom stereocenters. The Balaban J connectivity index is 1.70. The van der Waals surface area contributed by atoms with Gasteiger partial charge in [-0.2, -0.15) is 0 Å². The van der Waals surface area contributed by atoms with Gasteiger partial charge < -0.3 is 14.2 Å². The van der Waals surface area contributed by atoms with E-state index < -0.39 is 12.6 Å². The molecule has 2 heterocycles. The highest BCUT2D eigenvalue weighted by Crippen LogP contribution is 2.65. The number of esters is 2. The van der Waals surface area contributed by atoms with E-state index in [0.717, 1.165) is 19.3 Å². The fraction of sp³-hybridized carbons (Fsp3) is 0.818. The minimum absolute atomic E-state index is 0.0419. The largest absolute Gasteiger partial charge is 0.435 e. The molecule has 4 rings (SSSR count). The van der Waals surface area contributed by atoms with E-state index in [0.29, 0.717) is 11.8 Å². The number of rotatable bonds is 2. The van der Waals surface area contributed by atoms with Crippen LogP contribution in [0.3, 0.4) is 0 Å². The van der Waals surface area contributed by atoms with Crippen LogP contribution in [0.2, 0.25) is 0 Å². The summed E-state index contributed by atoms with van der Waals surface area (Å²) in [6.45, 7) is 13.0. The van der Waals surface area contributed by atoms with E-state index >= 15 is 0 Å². The van der Waals surface area contributed by atoms with Crippen LogP contribution < -0.4 is 0 Å². The van der Waals surface area contributed by atoms with Crippen molar-refractivity contribution in [2.45, 2.75) is 78.8 Å². The molecule has 1 unspecified atom stereocenters. The molecule has 150 valence electrons. The van der Waals surface area contributed by atoms with E-state index in [1.54, 1.807) is 0 Å². The zero-order valence-corrected chi connectivity index (χ0v) is 17.0. The number of carbonyl (C=O) groups excluding carboxylic acids is 2. The molecule has 2 aliphatic carbocycles. The third-order valence-corrected chi connectivity index (χ3v) is 7.94. The first kappa shape index (κ1) is 19.0. The number of carbonyl (C=O) groups is 2. The first-order valence-corrected chi connectivity index (χ1v) is 10.3. The van der Waals surface area contributed by atoms with Crippen LogP contribution in [0.25, 0.3) is 0 Å². The highest BCUT2D eigenvalue weighted by molar-refractivity contribution is 5.71. The Morgan fingerprint density at radius 1 is 1.26 bits per heavy atom. The van der Waals surface area contributed by atoms with Gasteiger partial charge in [0.15, 0.2) is 0 Å². The second-order valence-corrected chi connectivity index (χ2v) is 9.99. The second-order valence-electron chi connectivity index (χ2n) is 9.99. The Morgan fingerprint density at radius 3 is 2.70 bits per heavy atom. The summed E-state index contributed by atoms with van der Waals surface area (Å²) in [5.41, 5.74) is 1.56. The number of hydrogen-bond donors (Lipinski definition) is 0. The Labute approximate surface area is 161 Å². The average molecular weight is 376 g/mol. The lowest BCUT2D eigenvalue weighted by atomic mass is 9.59. The van der Waals surface area contributed by atoms with Gasteiger partial charge >= 0.3 is 11.9 Å². The number of allylic oxidation sites excluding steroid dienone is 1. The van der Waals surface area contributed by atoms with Crippen molar-refractivity contribution < 1.29 is 23.8 Å². The zero-order chi connectivity index (χ0) is 19.6. The molecule has 5 heteroatoms. The van der Waals surface area contributed by atoms with Gasteiger partial charge in [0, 0.05) is 18.8 Å². The molecule has 0 aromatic rings. The standard InChI is InChI=1S/C22H32O5/c1-12-7-6-9-21(3,4)15-8-10-22(5,17(12)15)18-14-11-16(24)26-20(18)27-19(14)25-13(2)23/h14-15,17-20H,1,6-11H2,2-5H3/t14-,15-,17-,18?,19-,20-,22-/m1/s1. The summed E-state index contributed by atoms with van der Waals surface area (Å²) in [7, 11) is 0. The van der Waals surface area contributed by atoms with Gasteiger partial charge in [-0.15, -0.1) is 0 Å². The monoisotopic (exact) mass is 376 g/mol. The van der Waals surface area contributed by atoms with E-state index in [1.165, 1.54) is 25.3 Å². The van der Waals surface area contributed by atoms with Crippen LogP contribution in [0, 0.1) is 34.5 Å². The summed E-state index contributed by atoms with van der Waals surface area (Å²) in [5.74, 6) is 0.244. The Hall–Kier alpha value is -1.36. The van der Waals surface area contributed by atoms with E-state index in [-0.39, 0.29) is 41.0 Å². The van der Waals surface area contributed by atoms with Crippen molar-refractivity contribution in [1.82, 2.24) is 0 Å². The van der Waals surface area contributed by atoms with E-state index in [1.807, 2.05) is 0 Å². The summed E-state index contributed by atoms with van der Waals surface area (Å²) < 4.78 is 17.0. The highest BCUT2D eigenvalue weighted by atomic mass is 16.8. The van der Waals surface area contributed by atoms with Gasteiger partial charge in [0.05, 0.1) is 6.42 Å². The van der Waals surface area contributed by atoms with Crippen LogP contribution in [0.1, 0.15) is 66.2 Å². The van der Waals surface area contributed by atoms with Gasteiger partial charge in [-0.05, 0) is 54.8 Å². The number of ether oxygens (including phenoxy) is 3. The Bertz CT molecular complexity index is 668. The van der Waals surface area contributed by atoms with Gasteiger partial charge in [0.2, 0.25) is 12.6 Å². The molecular formula is C22H32O5. The fourth-order valence-electron chi connectivity index (χ4n) is 6.79. The minimum atomic E-state index is -0.688. The predicted octanol–water partition coefficient (Wildman–Crippen LogP) is 4.21. The molecule has 4 aliphatic rings. The van der Waals surface area contributed by atoms with E-state index in [9.17, 15) is 9.59 Å². The van der Waals surface area contributed by atoms with Gasteiger partial charge in [0.25, 0.3) is 0 Å². The summed E-state index contributed by atoms with van der Waals surface area (Å²) in [4.78, 5) is 23.6.